The standard InChI is InChI=1S/C14H16O.C13H17NO.C12H15NO.CH4/c1-14(2,3)12-8-10-6-4-5-7-11(10)9-13(12)15;1-13(2,3)14-9-11-7-5-4-6-10(11)8-12(14)15;1-12(2,3)13-10-7-5-4-6-9(10)8-11(13)14;/h4-8H,9H2,1-3H3;4-7H,8-9H2,1-3H3;4-7H,8H2,1-3H3;1H4. The van der Waals surface area contributed by atoms with E-state index in [0.29, 0.717) is 19.3 Å². The smallest absolute Gasteiger partial charge is 0.231 e. The van der Waals surface area contributed by atoms with Gasteiger partial charge in [-0.15, -0.1) is 0 Å². The van der Waals surface area contributed by atoms with Crippen LogP contribution in [0.15, 0.2) is 78.4 Å². The van der Waals surface area contributed by atoms with Gasteiger partial charge in [-0.25, -0.2) is 0 Å². The van der Waals surface area contributed by atoms with Crippen LogP contribution in [-0.4, -0.2) is 33.6 Å². The van der Waals surface area contributed by atoms with Crippen LogP contribution in [0, 0.1) is 5.41 Å². The van der Waals surface area contributed by atoms with Crippen molar-refractivity contribution in [2.45, 2.75) is 107 Å². The lowest BCUT2D eigenvalue weighted by Crippen LogP contribution is -2.48. The number of carbonyl (C=O) groups excluding carboxylic acids is 3. The average Bonchev–Trinajstić information content (AvgIpc) is 3.28. The van der Waals surface area contributed by atoms with E-state index in [0.717, 1.165) is 28.9 Å². The minimum atomic E-state index is -0.121. The summed E-state index contributed by atoms with van der Waals surface area (Å²) in [6.45, 7) is 19.4. The van der Waals surface area contributed by atoms with Gasteiger partial charge in [0.25, 0.3) is 0 Å². The van der Waals surface area contributed by atoms with E-state index in [1.54, 1.807) is 0 Å². The van der Waals surface area contributed by atoms with Gasteiger partial charge in [0, 0.05) is 35.3 Å². The SMILES string of the molecule is C.CC(C)(C)C1=Cc2ccccc2CC1=O.CC(C)(C)N1C(=O)Cc2ccccc21.CC(C)(C)N1Cc2ccccc2CC1=O. The van der Waals surface area contributed by atoms with Crippen LogP contribution in [0.5, 0.6) is 0 Å². The Kier molecular flexibility index (Phi) is 10.7. The summed E-state index contributed by atoms with van der Waals surface area (Å²) in [7, 11) is 0. The lowest BCUT2D eigenvalue weighted by molar-refractivity contribution is -0.137. The number of amides is 2. The molecule has 0 saturated heterocycles. The number of benzene rings is 3. The fraction of sp³-hybridized carbons (Fsp3) is 0.425. The summed E-state index contributed by atoms with van der Waals surface area (Å²) in [6, 6.07) is 24.3. The van der Waals surface area contributed by atoms with Gasteiger partial charge in [0.2, 0.25) is 11.8 Å². The summed E-state index contributed by atoms with van der Waals surface area (Å²) in [4.78, 5) is 39.5. The third-order valence-electron chi connectivity index (χ3n) is 8.21. The highest BCUT2D eigenvalue weighted by Gasteiger charge is 2.35. The summed E-state index contributed by atoms with van der Waals surface area (Å²) in [5.41, 5.74) is 7.73. The van der Waals surface area contributed by atoms with Crippen molar-refractivity contribution in [3.05, 3.63) is 106 Å². The second-order valence-electron chi connectivity index (χ2n) is 14.9. The first kappa shape index (κ1) is 35.5. The van der Waals surface area contributed by atoms with Crippen molar-refractivity contribution in [1.82, 2.24) is 4.90 Å². The van der Waals surface area contributed by atoms with Gasteiger partial charge in [-0.3, -0.25) is 14.4 Å². The zero-order valence-corrected chi connectivity index (χ0v) is 28.0. The molecule has 2 amide bonds. The molecule has 0 saturated carbocycles. The fourth-order valence-corrected chi connectivity index (χ4v) is 5.98. The van der Waals surface area contributed by atoms with Gasteiger partial charge in [-0.1, -0.05) is 94.9 Å². The summed E-state index contributed by atoms with van der Waals surface area (Å²) >= 11 is 0. The van der Waals surface area contributed by atoms with E-state index in [1.165, 1.54) is 16.7 Å². The number of para-hydroxylation sites is 1. The van der Waals surface area contributed by atoms with Gasteiger partial charge >= 0.3 is 0 Å². The van der Waals surface area contributed by atoms with Crippen molar-refractivity contribution in [1.29, 1.82) is 0 Å². The predicted molar refractivity (Wildman–Crippen MR) is 187 cm³/mol. The number of Topliss-reactive ketones (excluding diaryl/α,β-unsaturated/α-hetero) is 1. The second kappa shape index (κ2) is 13.6. The molecule has 0 N–H and O–H groups in total. The Bertz CT molecular complexity index is 1580. The molecule has 3 aliphatic rings. The van der Waals surface area contributed by atoms with Crippen molar-refractivity contribution >= 4 is 29.4 Å². The van der Waals surface area contributed by atoms with E-state index in [4.69, 9.17) is 0 Å². The van der Waals surface area contributed by atoms with Gasteiger partial charge in [0.15, 0.2) is 5.78 Å². The Morgan fingerprint density at radius 1 is 0.556 bits per heavy atom. The van der Waals surface area contributed by atoms with Crippen molar-refractivity contribution in [3.63, 3.8) is 0 Å². The van der Waals surface area contributed by atoms with Gasteiger partial charge in [-0.05, 0) is 86.9 Å². The zero-order valence-electron chi connectivity index (χ0n) is 28.0. The molecule has 0 bridgehead atoms. The Hall–Kier alpha value is -3.99. The lowest BCUT2D eigenvalue weighted by atomic mass is 9.78. The van der Waals surface area contributed by atoms with E-state index < -0.39 is 0 Å². The molecule has 0 atom stereocenters. The molecule has 3 aromatic rings. The molecular weight excluding hydrogens is 556 g/mol. The van der Waals surface area contributed by atoms with Gasteiger partial charge in [0.05, 0.1) is 12.8 Å². The van der Waals surface area contributed by atoms with Crippen LogP contribution in [0.4, 0.5) is 5.69 Å². The summed E-state index contributed by atoms with van der Waals surface area (Å²) in [5.74, 6) is 0.709. The molecule has 2 heterocycles. The minimum absolute atomic E-state index is 0. The van der Waals surface area contributed by atoms with E-state index in [2.05, 4.69) is 74.4 Å². The maximum Gasteiger partial charge on any atom is 0.231 e. The van der Waals surface area contributed by atoms with Crippen molar-refractivity contribution < 1.29 is 14.4 Å². The molecule has 0 radical (unpaired) electrons. The summed E-state index contributed by atoms with van der Waals surface area (Å²) in [6.07, 6.45) is 3.70. The Morgan fingerprint density at radius 3 is 1.64 bits per heavy atom. The highest BCUT2D eigenvalue weighted by atomic mass is 16.2. The molecule has 3 aromatic carbocycles. The van der Waals surface area contributed by atoms with Crippen LogP contribution >= 0.6 is 0 Å². The molecule has 5 heteroatoms. The Labute approximate surface area is 271 Å². The fourth-order valence-electron chi connectivity index (χ4n) is 5.98. The Morgan fingerprint density at radius 2 is 1.07 bits per heavy atom. The number of anilines is 1. The first-order valence-electron chi connectivity index (χ1n) is 15.6. The topological polar surface area (TPSA) is 57.7 Å². The van der Waals surface area contributed by atoms with E-state index in [9.17, 15) is 14.4 Å². The quantitative estimate of drug-likeness (QED) is 0.257. The molecule has 6 rings (SSSR count). The minimum Gasteiger partial charge on any atom is -0.333 e. The molecular formula is C40H52N2O3. The van der Waals surface area contributed by atoms with Crippen LogP contribution in [0.3, 0.4) is 0 Å². The number of fused-ring (bicyclic) bond motifs is 3. The number of hydrogen-bond acceptors (Lipinski definition) is 3. The number of rotatable bonds is 0. The van der Waals surface area contributed by atoms with Gasteiger partial charge in [0.1, 0.15) is 0 Å². The van der Waals surface area contributed by atoms with E-state index in [1.807, 2.05) is 76.5 Å². The second-order valence-corrected chi connectivity index (χ2v) is 14.9. The number of hydrogen-bond donors (Lipinski definition) is 0. The summed E-state index contributed by atoms with van der Waals surface area (Å²) < 4.78 is 0. The largest absolute Gasteiger partial charge is 0.333 e. The first-order valence-corrected chi connectivity index (χ1v) is 15.6. The van der Waals surface area contributed by atoms with Crippen LogP contribution in [-0.2, 0) is 40.2 Å². The highest BCUT2D eigenvalue weighted by Crippen LogP contribution is 2.34. The Balaban J connectivity index is 0.000000182. The molecule has 0 aromatic heterocycles. The molecule has 2 aliphatic heterocycles. The van der Waals surface area contributed by atoms with Crippen LogP contribution in [0.25, 0.3) is 6.08 Å². The van der Waals surface area contributed by atoms with Gasteiger partial charge in [-0.2, -0.15) is 0 Å². The predicted octanol–water partition coefficient (Wildman–Crippen LogP) is 8.62. The first-order chi connectivity index (χ1) is 20.5. The molecule has 0 unspecified atom stereocenters. The summed E-state index contributed by atoms with van der Waals surface area (Å²) in [5, 5.41) is 0. The monoisotopic (exact) mass is 608 g/mol. The maximum absolute atomic E-state index is 11.9. The molecule has 240 valence electrons. The molecule has 0 fully saturated rings. The third-order valence-corrected chi connectivity index (χ3v) is 8.21. The van der Waals surface area contributed by atoms with Crippen LogP contribution < -0.4 is 4.90 Å². The third kappa shape index (κ3) is 8.39. The van der Waals surface area contributed by atoms with Crippen molar-refractivity contribution in [2.24, 2.45) is 5.41 Å². The number of nitrogens with zero attached hydrogens (tertiary/aromatic N) is 2. The highest BCUT2D eigenvalue weighted by molar-refractivity contribution is 6.04. The van der Waals surface area contributed by atoms with Crippen molar-refractivity contribution in [2.75, 3.05) is 4.90 Å². The number of carbonyl (C=O) groups is 3. The molecule has 1 aliphatic carbocycles. The lowest BCUT2D eigenvalue weighted by Gasteiger charge is -2.39. The van der Waals surface area contributed by atoms with Gasteiger partial charge < -0.3 is 9.80 Å². The van der Waals surface area contributed by atoms with Crippen molar-refractivity contribution in [3.8, 4) is 0 Å². The van der Waals surface area contributed by atoms with E-state index >= 15 is 0 Å². The number of allylic oxidation sites excluding steroid dienone is 1. The molecule has 45 heavy (non-hydrogen) atoms. The van der Waals surface area contributed by atoms with Crippen LogP contribution in [0.2, 0.25) is 0 Å². The molecule has 5 nitrogen and oxygen atoms in total. The molecule has 0 spiro atoms. The number of ketones is 1. The van der Waals surface area contributed by atoms with E-state index in [-0.39, 0.29) is 41.5 Å². The normalized spacial score (nSPS) is 15.8. The zero-order chi connectivity index (χ0) is 32.4. The van der Waals surface area contributed by atoms with Crippen LogP contribution in [0.1, 0.15) is 97.6 Å². The average molecular weight is 609 g/mol. The maximum atomic E-state index is 11.9.